The first kappa shape index (κ1) is 17.7. The third kappa shape index (κ3) is 7.31. The summed E-state index contributed by atoms with van der Waals surface area (Å²) in [5.41, 5.74) is 1.11. The second-order valence-corrected chi connectivity index (χ2v) is 6.89. The van der Waals surface area contributed by atoms with Gasteiger partial charge in [0.05, 0.1) is 6.26 Å². The maximum Gasteiger partial charge on any atom is 0.208 e. The molecule has 0 atom stereocenters. The molecule has 0 radical (unpaired) electrons. The quantitative estimate of drug-likeness (QED) is 0.461. The molecule has 0 aliphatic carbocycles. The summed E-state index contributed by atoms with van der Waals surface area (Å²) in [5, 5.41) is 3.80. The highest BCUT2D eigenvalue weighted by molar-refractivity contribution is 7.88. The van der Waals surface area contributed by atoms with Gasteiger partial charge in [0.25, 0.3) is 0 Å². The lowest BCUT2D eigenvalue weighted by molar-refractivity contribution is 0.477. The summed E-state index contributed by atoms with van der Waals surface area (Å²) in [7, 11) is 0.438. The van der Waals surface area contributed by atoms with Crippen LogP contribution in [0.15, 0.2) is 29.3 Å². The number of benzene rings is 1. The van der Waals surface area contributed by atoms with Gasteiger partial charge in [0, 0.05) is 38.8 Å². The average molecular weight is 333 g/mol. The van der Waals surface area contributed by atoms with E-state index in [-0.39, 0.29) is 0 Å². The van der Waals surface area contributed by atoms with Gasteiger partial charge in [-0.2, -0.15) is 0 Å². The Morgan fingerprint density at radius 1 is 1.29 bits per heavy atom. The van der Waals surface area contributed by atoms with Crippen molar-refractivity contribution >= 4 is 27.6 Å². The summed E-state index contributed by atoms with van der Waals surface area (Å²) in [4.78, 5) is 6.11. The van der Waals surface area contributed by atoms with E-state index >= 15 is 0 Å². The van der Waals surface area contributed by atoms with Crippen molar-refractivity contribution in [2.45, 2.75) is 6.54 Å². The number of halogens is 1. The molecule has 0 bridgehead atoms. The maximum atomic E-state index is 11.0. The van der Waals surface area contributed by atoms with E-state index in [9.17, 15) is 8.42 Å². The SMILES string of the molecule is CN=C(NCCNS(C)(=O)=O)N(C)Cc1ccc(Cl)cc1. The van der Waals surface area contributed by atoms with Crippen LogP contribution in [-0.4, -0.2) is 52.7 Å². The summed E-state index contributed by atoms with van der Waals surface area (Å²) in [6.07, 6.45) is 1.13. The summed E-state index contributed by atoms with van der Waals surface area (Å²) in [5.74, 6) is 0.695. The first-order chi connectivity index (χ1) is 9.81. The predicted octanol–water partition coefficient (Wildman–Crippen LogP) is 0.896. The van der Waals surface area contributed by atoms with Gasteiger partial charge in [-0.3, -0.25) is 4.99 Å². The molecule has 0 unspecified atom stereocenters. The van der Waals surface area contributed by atoms with Crippen molar-refractivity contribution in [3.8, 4) is 0 Å². The monoisotopic (exact) mass is 332 g/mol. The molecule has 1 rings (SSSR count). The van der Waals surface area contributed by atoms with E-state index in [1.807, 2.05) is 36.2 Å². The van der Waals surface area contributed by atoms with Crippen molar-refractivity contribution in [1.82, 2.24) is 14.9 Å². The molecular formula is C13H21ClN4O2S. The molecule has 8 heteroatoms. The largest absolute Gasteiger partial charge is 0.355 e. The number of rotatable bonds is 6. The van der Waals surface area contributed by atoms with Crippen molar-refractivity contribution in [3.63, 3.8) is 0 Å². The Labute approximate surface area is 131 Å². The number of nitrogens with zero attached hydrogens (tertiary/aromatic N) is 2. The second kappa shape index (κ2) is 8.21. The summed E-state index contributed by atoms with van der Waals surface area (Å²) >= 11 is 5.85. The summed E-state index contributed by atoms with van der Waals surface area (Å²) in [6.45, 7) is 1.45. The number of guanidine groups is 1. The van der Waals surface area contributed by atoms with Crippen LogP contribution in [0.3, 0.4) is 0 Å². The van der Waals surface area contributed by atoms with Gasteiger partial charge in [0.1, 0.15) is 0 Å². The molecule has 0 heterocycles. The van der Waals surface area contributed by atoms with Gasteiger partial charge in [-0.25, -0.2) is 13.1 Å². The number of nitrogens with one attached hydrogen (secondary N) is 2. The maximum absolute atomic E-state index is 11.0. The van der Waals surface area contributed by atoms with E-state index in [4.69, 9.17) is 11.6 Å². The Morgan fingerprint density at radius 2 is 1.90 bits per heavy atom. The minimum absolute atomic E-state index is 0.312. The summed E-state index contributed by atoms with van der Waals surface area (Å²) in [6, 6.07) is 7.60. The van der Waals surface area contributed by atoms with Crippen molar-refractivity contribution < 1.29 is 8.42 Å². The van der Waals surface area contributed by atoms with Crippen LogP contribution in [0.2, 0.25) is 5.02 Å². The minimum atomic E-state index is -3.16. The molecular weight excluding hydrogens is 312 g/mol. The van der Waals surface area contributed by atoms with Gasteiger partial charge < -0.3 is 10.2 Å². The highest BCUT2D eigenvalue weighted by Gasteiger charge is 2.07. The molecule has 0 fully saturated rings. The van der Waals surface area contributed by atoms with Crippen LogP contribution in [0.25, 0.3) is 0 Å². The fourth-order valence-corrected chi connectivity index (χ4v) is 2.33. The third-order valence-electron chi connectivity index (χ3n) is 2.68. The molecule has 2 N–H and O–H groups in total. The van der Waals surface area contributed by atoms with Crippen LogP contribution in [0.1, 0.15) is 5.56 Å². The highest BCUT2D eigenvalue weighted by Crippen LogP contribution is 2.10. The van der Waals surface area contributed by atoms with Gasteiger partial charge in [0.15, 0.2) is 5.96 Å². The average Bonchev–Trinajstić information content (AvgIpc) is 2.40. The van der Waals surface area contributed by atoms with Crippen LogP contribution >= 0.6 is 11.6 Å². The Bertz CT molecular complexity index is 572. The first-order valence-corrected chi connectivity index (χ1v) is 8.69. The molecule has 1 aromatic rings. The van der Waals surface area contributed by atoms with Gasteiger partial charge in [0.2, 0.25) is 10.0 Å². The number of hydrogen-bond donors (Lipinski definition) is 2. The lowest BCUT2D eigenvalue weighted by atomic mass is 10.2. The molecule has 21 heavy (non-hydrogen) atoms. The Balaban J connectivity index is 2.46. The van der Waals surface area contributed by atoms with Crippen molar-refractivity contribution in [2.75, 3.05) is 33.4 Å². The van der Waals surface area contributed by atoms with E-state index in [1.54, 1.807) is 7.05 Å². The molecule has 6 nitrogen and oxygen atoms in total. The topological polar surface area (TPSA) is 73.8 Å². The lowest BCUT2D eigenvalue weighted by Gasteiger charge is -2.22. The number of aliphatic imine (C=N–C) groups is 1. The number of sulfonamides is 1. The van der Waals surface area contributed by atoms with E-state index in [0.29, 0.717) is 30.6 Å². The van der Waals surface area contributed by atoms with Gasteiger partial charge >= 0.3 is 0 Å². The fraction of sp³-hybridized carbons (Fsp3) is 0.462. The molecule has 118 valence electrons. The van der Waals surface area contributed by atoms with E-state index in [1.165, 1.54) is 0 Å². The normalized spacial score (nSPS) is 12.3. The Hall–Kier alpha value is -1.31. The first-order valence-electron chi connectivity index (χ1n) is 6.42. The van der Waals surface area contributed by atoms with E-state index in [0.717, 1.165) is 11.8 Å². The van der Waals surface area contributed by atoms with E-state index in [2.05, 4.69) is 15.0 Å². The molecule has 1 aromatic carbocycles. The summed E-state index contributed by atoms with van der Waals surface area (Å²) < 4.78 is 24.3. The van der Waals surface area contributed by atoms with Crippen molar-refractivity contribution in [1.29, 1.82) is 0 Å². The van der Waals surface area contributed by atoms with Gasteiger partial charge in [-0.15, -0.1) is 0 Å². The fourth-order valence-electron chi connectivity index (χ4n) is 1.73. The van der Waals surface area contributed by atoms with Crippen LogP contribution in [-0.2, 0) is 16.6 Å². The number of hydrogen-bond acceptors (Lipinski definition) is 3. The third-order valence-corrected chi connectivity index (χ3v) is 3.66. The zero-order valence-corrected chi connectivity index (χ0v) is 14.0. The second-order valence-electron chi connectivity index (χ2n) is 4.62. The molecule has 0 amide bonds. The standard InChI is InChI=1S/C13H21ClN4O2S/c1-15-13(16-8-9-17-21(3,19)20)18(2)10-11-4-6-12(14)7-5-11/h4-7,17H,8-10H2,1-3H3,(H,15,16). The molecule has 0 aromatic heterocycles. The highest BCUT2D eigenvalue weighted by atomic mass is 35.5. The van der Waals surface area contributed by atoms with Crippen molar-refractivity contribution in [3.05, 3.63) is 34.9 Å². The molecule has 0 saturated carbocycles. The Morgan fingerprint density at radius 3 is 2.43 bits per heavy atom. The minimum Gasteiger partial charge on any atom is -0.355 e. The predicted molar refractivity (Wildman–Crippen MR) is 87.1 cm³/mol. The molecule has 0 saturated heterocycles. The smallest absolute Gasteiger partial charge is 0.208 e. The van der Waals surface area contributed by atoms with Crippen LogP contribution in [0.5, 0.6) is 0 Å². The van der Waals surface area contributed by atoms with Crippen LogP contribution < -0.4 is 10.0 Å². The van der Waals surface area contributed by atoms with Crippen LogP contribution in [0, 0.1) is 0 Å². The van der Waals surface area contributed by atoms with E-state index < -0.39 is 10.0 Å². The molecule has 0 aliphatic rings. The van der Waals surface area contributed by atoms with Crippen molar-refractivity contribution in [2.24, 2.45) is 4.99 Å². The zero-order chi connectivity index (χ0) is 15.9. The molecule has 0 spiro atoms. The Kier molecular flexibility index (Phi) is 6.94. The molecule has 0 aliphatic heterocycles. The lowest BCUT2D eigenvalue weighted by Crippen LogP contribution is -2.42. The van der Waals surface area contributed by atoms with Gasteiger partial charge in [-0.1, -0.05) is 23.7 Å². The van der Waals surface area contributed by atoms with Crippen LogP contribution in [0.4, 0.5) is 0 Å². The van der Waals surface area contributed by atoms with Gasteiger partial charge in [-0.05, 0) is 17.7 Å². The zero-order valence-electron chi connectivity index (χ0n) is 12.4.